The lowest BCUT2D eigenvalue weighted by molar-refractivity contribution is 0.202. The Balaban J connectivity index is 1.62. The van der Waals surface area contributed by atoms with E-state index in [-0.39, 0.29) is 12.1 Å². The number of urea groups is 1. The molecule has 1 saturated heterocycles. The molecular weight excluding hydrogens is 328 g/mol. The number of likely N-dealkylation sites (tertiary alicyclic amines) is 1. The average molecular weight is 352 g/mol. The Hall–Kier alpha value is -3.09. The van der Waals surface area contributed by atoms with Gasteiger partial charge < -0.3 is 16.0 Å². The van der Waals surface area contributed by atoms with E-state index < -0.39 is 0 Å². The summed E-state index contributed by atoms with van der Waals surface area (Å²) in [5.74, 6) is 0.732. The molecule has 26 heavy (non-hydrogen) atoms. The van der Waals surface area contributed by atoms with Crippen molar-refractivity contribution in [3.05, 3.63) is 53.7 Å². The molecule has 1 aliphatic heterocycles. The molecule has 1 fully saturated rings. The van der Waals surface area contributed by atoms with E-state index in [9.17, 15) is 4.79 Å². The number of nitrogens with two attached hydrogens (primary N) is 1. The van der Waals surface area contributed by atoms with Crippen molar-refractivity contribution in [3.8, 4) is 0 Å². The third-order valence-electron chi connectivity index (χ3n) is 4.69. The number of nitrogens with one attached hydrogen (secondary N) is 3. The Morgan fingerprint density at radius 2 is 2.12 bits per heavy atom. The normalized spacial score (nSPS) is 17.2. The van der Waals surface area contributed by atoms with Gasteiger partial charge in [0.05, 0.1) is 11.6 Å². The van der Waals surface area contributed by atoms with Gasteiger partial charge in [0.1, 0.15) is 11.7 Å². The molecule has 0 radical (unpaired) electrons. The van der Waals surface area contributed by atoms with Crippen LogP contribution in [0.3, 0.4) is 0 Å². The molecule has 5 N–H and O–H groups in total. The van der Waals surface area contributed by atoms with Gasteiger partial charge in [0, 0.05) is 30.5 Å². The summed E-state index contributed by atoms with van der Waals surface area (Å²) in [4.78, 5) is 18.4. The molecular formula is C19H24N6O. The average Bonchev–Trinajstić information content (AvgIpc) is 2.61. The lowest BCUT2D eigenvalue weighted by Gasteiger charge is -2.40. The smallest absolute Gasteiger partial charge is 0.320 e. The van der Waals surface area contributed by atoms with Crippen LogP contribution >= 0.6 is 0 Å². The highest BCUT2D eigenvalue weighted by Gasteiger charge is 2.27. The van der Waals surface area contributed by atoms with Crippen molar-refractivity contribution in [1.82, 2.24) is 15.2 Å². The van der Waals surface area contributed by atoms with Gasteiger partial charge in [-0.05, 0) is 25.8 Å². The highest BCUT2D eigenvalue weighted by atomic mass is 16.2. The molecule has 1 aromatic carbocycles. The summed E-state index contributed by atoms with van der Waals surface area (Å²) in [7, 11) is 0. The summed E-state index contributed by atoms with van der Waals surface area (Å²) in [6, 6.07) is 11.2. The first-order valence-corrected chi connectivity index (χ1v) is 8.69. The maximum Gasteiger partial charge on any atom is 0.320 e. The molecule has 0 saturated carbocycles. The predicted molar refractivity (Wildman–Crippen MR) is 103 cm³/mol. The number of pyridine rings is 1. The fourth-order valence-corrected chi connectivity index (χ4v) is 2.91. The van der Waals surface area contributed by atoms with Gasteiger partial charge in [-0.3, -0.25) is 10.7 Å². The van der Waals surface area contributed by atoms with E-state index in [1.54, 1.807) is 12.3 Å². The lowest BCUT2D eigenvalue weighted by atomic mass is 10.0. The number of amidine groups is 1. The third kappa shape index (κ3) is 3.77. The van der Waals surface area contributed by atoms with E-state index in [1.807, 2.05) is 42.2 Å². The summed E-state index contributed by atoms with van der Waals surface area (Å²) in [6.07, 6.45) is 2.62. The molecule has 2 heterocycles. The quantitative estimate of drug-likeness (QED) is 0.501. The van der Waals surface area contributed by atoms with E-state index in [0.29, 0.717) is 28.9 Å². The number of aromatic nitrogens is 1. The molecule has 2 aromatic rings. The minimum atomic E-state index is -0.354. The van der Waals surface area contributed by atoms with Crippen LogP contribution in [0, 0.1) is 5.41 Å². The van der Waals surface area contributed by atoms with E-state index in [1.165, 1.54) is 0 Å². The van der Waals surface area contributed by atoms with Gasteiger partial charge in [-0.1, -0.05) is 30.3 Å². The first-order chi connectivity index (χ1) is 12.5. The van der Waals surface area contributed by atoms with Crippen molar-refractivity contribution in [2.45, 2.75) is 32.4 Å². The monoisotopic (exact) mass is 352 g/mol. The number of benzene rings is 1. The number of hydrogen-bond acceptors (Lipinski definition) is 4. The fraction of sp³-hybridized carbons (Fsp3) is 0.316. The standard InChI is InChI=1S/C19H24N6O/c1-12-8-9-25(12)18(21)15-11-22-17(10-16(15)20)24-19(26)23-13(2)14-6-4-3-5-7-14/h3-7,10-13,21H,8-9H2,1-2H3,(H4,20,22,23,24,26)/t12-,13+/m0/s1. The van der Waals surface area contributed by atoms with Crippen LogP contribution in [-0.2, 0) is 0 Å². The largest absolute Gasteiger partial charge is 0.398 e. The van der Waals surface area contributed by atoms with Crippen LogP contribution in [0.5, 0.6) is 0 Å². The lowest BCUT2D eigenvalue weighted by Crippen LogP contribution is -2.49. The summed E-state index contributed by atoms with van der Waals surface area (Å²) < 4.78 is 0. The highest BCUT2D eigenvalue weighted by Crippen LogP contribution is 2.23. The van der Waals surface area contributed by atoms with Crippen LogP contribution in [0.2, 0.25) is 0 Å². The molecule has 1 aromatic heterocycles. The second-order valence-corrected chi connectivity index (χ2v) is 6.57. The molecule has 7 heteroatoms. The number of anilines is 2. The van der Waals surface area contributed by atoms with Crippen molar-refractivity contribution >= 4 is 23.4 Å². The highest BCUT2D eigenvalue weighted by molar-refractivity contribution is 6.02. The van der Waals surface area contributed by atoms with E-state index in [4.69, 9.17) is 11.1 Å². The minimum absolute atomic E-state index is 0.131. The van der Waals surface area contributed by atoms with Gasteiger partial charge >= 0.3 is 6.03 Å². The fourth-order valence-electron chi connectivity index (χ4n) is 2.91. The van der Waals surface area contributed by atoms with Crippen LogP contribution in [-0.4, -0.2) is 34.3 Å². The number of carbonyl (C=O) groups is 1. The Labute approximate surface area is 153 Å². The molecule has 2 atom stereocenters. The van der Waals surface area contributed by atoms with E-state index >= 15 is 0 Å². The number of rotatable bonds is 4. The molecule has 0 aliphatic carbocycles. The van der Waals surface area contributed by atoms with Crippen molar-refractivity contribution in [2.75, 3.05) is 17.6 Å². The molecule has 1 aliphatic rings. The SMILES string of the molecule is C[C@@H](NC(=O)Nc1cc(N)c(C(=N)N2CC[C@@H]2C)cn1)c1ccccc1. The number of nitrogens with zero attached hydrogens (tertiary/aromatic N) is 2. The molecule has 0 bridgehead atoms. The Morgan fingerprint density at radius 3 is 2.69 bits per heavy atom. The molecule has 2 amide bonds. The minimum Gasteiger partial charge on any atom is -0.398 e. The van der Waals surface area contributed by atoms with E-state index in [0.717, 1.165) is 18.5 Å². The number of amides is 2. The first-order valence-electron chi connectivity index (χ1n) is 8.69. The van der Waals surface area contributed by atoms with Crippen LogP contribution < -0.4 is 16.4 Å². The molecule has 0 spiro atoms. The number of carbonyl (C=O) groups excluding carboxylic acids is 1. The van der Waals surface area contributed by atoms with Gasteiger partial charge in [-0.2, -0.15) is 0 Å². The van der Waals surface area contributed by atoms with Crippen molar-refractivity contribution in [2.24, 2.45) is 0 Å². The van der Waals surface area contributed by atoms with Gasteiger partial charge in [0.25, 0.3) is 0 Å². The zero-order valence-electron chi connectivity index (χ0n) is 15.0. The van der Waals surface area contributed by atoms with Crippen molar-refractivity contribution < 1.29 is 4.79 Å². The van der Waals surface area contributed by atoms with Gasteiger partial charge in [0.15, 0.2) is 0 Å². The first kappa shape index (κ1) is 17.7. The molecule has 3 rings (SSSR count). The van der Waals surface area contributed by atoms with Crippen LogP contribution in [0.25, 0.3) is 0 Å². The molecule has 7 nitrogen and oxygen atoms in total. The van der Waals surface area contributed by atoms with Gasteiger partial charge in [0.2, 0.25) is 0 Å². The van der Waals surface area contributed by atoms with Crippen LogP contribution in [0.1, 0.15) is 37.4 Å². The predicted octanol–water partition coefficient (Wildman–Crippen LogP) is 2.97. The summed E-state index contributed by atoms with van der Waals surface area (Å²) >= 11 is 0. The topological polar surface area (TPSA) is 107 Å². The summed E-state index contributed by atoms with van der Waals surface area (Å²) in [6.45, 7) is 4.85. The van der Waals surface area contributed by atoms with Crippen LogP contribution in [0.15, 0.2) is 42.6 Å². The van der Waals surface area contributed by atoms with E-state index in [2.05, 4.69) is 22.5 Å². The zero-order chi connectivity index (χ0) is 18.7. The van der Waals surface area contributed by atoms with Crippen molar-refractivity contribution in [1.29, 1.82) is 5.41 Å². The van der Waals surface area contributed by atoms with Gasteiger partial charge in [-0.15, -0.1) is 0 Å². The Kier molecular flexibility index (Phi) is 5.06. The Morgan fingerprint density at radius 1 is 1.38 bits per heavy atom. The molecule has 0 unspecified atom stereocenters. The number of hydrogen-bond donors (Lipinski definition) is 4. The maximum absolute atomic E-state index is 12.2. The zero-order valence-corrected chi connectivity index (χ0v) is 15.0. The Bertz CT molecular complexity index is 807. The van der Waals surface area contributed by atoms with Crippen molar-refractivity contribution in [3.63, 3.8) is 0 Å². The second kappa shape index (κ2) is 7.43. The third-order valence-corrected chi connectivity index (χ3v) is 4.69. The maximum atomic E-state index is 12.2. The molecule has 136 valence electrons. The van der Waals surface area contributed by atoms with Gasteiger partial charge in [-0.25, -0.2) is 9.78 Å². The number of nitrogen functional groups attached to an aromatic ring is 1. The summed E-state index contributed by atoms with van der Waals surface area (Å²) in [5.41, 5.74) is 8.10. The van der Waals surface area contributed by atoms with Crippen LogP contribution in [0.4, 0.5) is 16.3 Å². The second-order valence-electron chi connectivity index (χ2n) is 6.57. The summed E-state index contributed by atoms with van der Waals surface area (Å²) in [5, 5.41) is 13.8.